The maximum Gasteiger partial charge on any atom is 0.0618 e. The van der Waals surface area contributed by atoms with Gasteiger partial charge in [-0.1, -0.05) is 177 Å². The van der Waals surface area contributed by atoms with Crippen LogP contribution in [0.3, 0.4) is 0 Å². The van der Waals surface area contributed by atoms with E-state index < -0.39 is 0 Å². The molecule has 0 spiro atoms. The molecule has 1 aliphatic rings. The van der Waals surface area contributed by atoms with Gasteiger partial charge in [0.25, 0.3) is 0 Å². The molecule has 0 amide bonds. The second kappa shape index (κ2) is 16.1. The third-order valence-electron chi connectivity index (χ3n) is 9.56. The van der Waals surface area contributed by atoms with E-state index in [0.717, 1.165) is 6.42 Å². The van der Waals surface area contributed by atoms with Crippen LogP contribution in [0, 0.1) is 6.92 Å². The number of H-pyrrole nitrogens is 1. The molecule has 0 radical (unpaired) electrons. The molecular weight excluding hydrogens is 629 g/mol. The Bertz CT molecular complexity index is 2430. The minimum absolute atomic E-state index is 1.15. The molecule has 254 valence electrons. The first-order chi connectivity index (χ1) is 25.7. The monoisotopic (exact) mass is 672 g/mol. The summed E-state index contributed by atoms with van der Waals surface area (Å²) in [5, 5.41) is 3.96. The van der Waals surface area contributed by atoms with Crippen molar-refractivity contribution in [1.29, 1.82) is 0 Å². The first-order valence-electron chi connectivity index (χ1n) is 18.1. The van der Waals surface area contributed by atoms with Crippen molar-refractivity contribution in [2.75, 3.05) is 0 Å². The number of para-hydroxylation sites is 3. The lowest BCUT2D eigenvalue weighted by Gasteiger charge is -2.19. The minimum Gasteiger partial charge on any atom is -0.358 e. The Balaban J connectivity index is 0.000000164. The lowest BCUT2D eigenvalue weighted by atomic mass is 9.95. The Hall–Kier alpha value is -6.38. The van der Waals surface area contributed by atoms with Gasteiger partial charge >= 0.3 is 0 Å². The molecule has 8 aromatic rings. The molecule has 52 heavy (non-hydrogen) atoms. The van der Waals surface area contributed by atoms with Gasteiger partial charge in [-0.05, 0) is 61.6 Å². The highest BCUT2D eigenvalue weighted by Crippen LogP contribution is 2.41. The number of hydrogen-bond acceptors (Lipinski definition) is 0. The van der Waals surface area contributed by atoms with Gasteiger partial charge in [-0.25, -0.2) is 0 Å². The number of nitrogens with one attached hydrogen (secondary N) is 1. The molecule has 0 saturated carbocycles. The maximum absolute atomic E-state index is 3.51. The molecular formula is C50H44N2. The third-order valence-corrected chi connectivity index (χ3v) is 9.56. The molecule has 1 aliphatic carbocycles. The second-order valence-electron chi connectivity index (χ2n) is 12.9. The number of rotatable bonds is 5. The minimum atomic E-state index is 1.15. The topological polar surface area (TPSA) is 20.7 Å². The summed E-state index contributed by atoms with van der Waals surface area (Å²) in [6.45, 7) is 7.67. The van der Waals surface area contributed by atoms with Gasteiger partial charge in [-0.15, -0.1) is 0 Å². The lowest BCUT2D eigenvalue weighted by Crippen LogP contribution is -2.00. The van der Waals surface area contributed by atoms with Crippen LogP contribution in [0.25, 0.3) is 66.7 Å². The van der Waals surface area contributed by atoms with Crippen molar-refractivity contribution in [3.63, 3.8) is 0 Å². The van der Waals surface area contributed by atoms with Gasteiger partial charge < -0.3 is 9.55 Å². The summed E-state index contributed by atoms with van der Waals surface area (Å²) in [6, 6.07) is 51.9. The van der Waals surface area contributed by atoms with Crippen molar-refractivity contribution < 1.29 is 0 Å². The summed E-state index contributed by atoms with van der Waals surface area (Å²) in [6.07, 6.45) is 16.3. The van der Waals surface area contributed by atoms with E-state index >= 15 is 0 Å². The highest BCUT2D eigenvalue weighted by molar-refractivity contribution is 6.10. The molecule has 9 rings (SSSR count). The predicted octanol–water partition coefficient (Wildman–Crippen LogP) is 13.9. The first-order valence-corrected chi connectivity index (χ1v) is 18.1. The number of aromatic nitrogens is 2. The zero-order valence-electron chi connectivity index (χ0n) is 30.0. The standard InChI is InChI=1S/C30H21N.C13H13N.C7H10/c1-3-12-22(13-4-1)24-18-11-19-25(23-14-5-2-6-15-23)30(24)31-28-20-9-7-16-26(28)27-17-8-10-21-29(27)31;1-9-5-4-8-12-13(9)10-6-2-3-7-11(10)14-12;1-3-5-7-6-4-2/h1-21H;2,4-6,8,14H,3,7H2,1H3;3-7H,1H2,2H3/b;;6-4-,7-5-. The molecule has 6 aromatic carbocycles. The van der Waals surface area contributed by atoms with E-state index in [1.807, 2.05) is 31.2 Å². The SMILES string of the molecule is C=C/C=C\C=C/C.Cc1cccc2[nH]c3c(c12)C=CCC3.c1ccc(-c2cccc(-c3ccccc3)c2-n2c3ccccc3c3ccccc32)cc1. The van der Waals surface area contributed by atoms with E-state index in [1.165, 1.54) is 83.9 Å². The van der Waals surface area contributed by atoms with Crippen LogP contribution in [0.5, 0.6) is 0 Å². The van der Waals surface area contributed by atoms with E-state index in [2.05, 4.69) is 181 Å². The predicted molar refractivity (Wildman–Crippen MR) is 226 cm³/mol. The fraction of sp³-hybridized carbons (Fsp3) is 0.0800. The van der Waals surface area contributed by atoms with Gasteiger partial charge in [0.2, 0.25) is 0 Å². The number of allylic oxidation sites excluding steroid dienone is 6. The van der Waals surface area contributed by atoms with Crippen molar-refractivity contribution in [2.24, 2.45) is 0 Å². The Labute approximate surface area is 307 Å². The van der Waals surface area contributed by atoms with Crippen molar-refractivity contribution in [3.8, 4) is 27.9 Å². The van der Waals surface area contributed by atoms with Crippen LogP contribution in [-0.2, 0) is 6.42 Å². The third kappa shape index (κ3) is 6.97. The van der Waals surface area contributed by atoms with Crippen LogP contribution < -0.4 is 0 Å². The molecule has 1 N–H and O–H groups in total. The zero-order chi connectivity index (χ0) is 35.7. The Morgan fingerprint density at radius 2 is 1.19 bits per heavy atom. The van der Waals surface area contributed by atoms with E-state index in [-0.39, 0.29) is 0 Å². The van der Waals surface area contributed by atoms with Gasteiger partial charge in [0.05, 0.1) is 16.7 Å². The number of benzene rings is 6. The van der Waals surface area contributed by atoms with Gasteiger partial charge in [0.15, 0.2) is 0 Å². The van der Waals surface area contributed by atoms with Gasteiger partial charge in [0, 0.05) is 44.1 Å². The number of nitrogens with zero attached hydrogens (tertiary/aromatic N) is 1. The largest absolute Gasteiger partial charge is 0.358 e. The molecule has 0 atom stereocenters. The van der Waals surface area contributed by atoms with E-state index in [9.17, 15) is 0 Å². The molecule has 0 bridgehead atoms. The molecule has 0 saturated heterocycles. The number of aromatic amines is 1. The average molecular weight is 673 g/mol. The summed E-state index contributed by atoms with van der Waals surface area (Å²) < 4.78 is 2.44. The zero-order valence-corrected chi connectivity index (χ0v) is 30.0. The van der Waals surface area contributed by atoms with Crippen LogP contribution in [0.4, 0.5) is 0 Å². The van der Waals surface area contributed by atoms with Gasteiger partial charge in [0.1, 0.15) is 0 Å². The Kier molecular flexibility index (Phi) is 10.6. The molecule has 2 nitrogen and oxygen atoms in total. The van der Waals surface area contributed by atoms with Crippen LogP contribution in [0.15, 0.2) is 189 Å². The van der Waals surface area contributed by atoms with Crippen molar-refractivity contribution in [2.45, 2.75) is 26.7 Å². The number of fused-ring (bicyclic) bond motifs is 6. The summed E-state index contributed by atoms with van der Waals surface area (Å²) in [4.78, 5) is 3.51. The molecule has 0 aliphatic heterocycles. The molecule has 0 unspecified atom stereocenters. The van der Waals surface area contributed by atoms with E-state index in [0.29, 0.717) is 0 Å². The second-order valence-corrected chi connectivity index (χ2v) is 12.9. The highest BCUT2D eigenvalue weighted by Gasteiger charge is 2.19. The van der Waals surface area contributed by atoms with Gasteiger partial charge in [-0.3, -0.25) is 0 Å². The average Bonchev–Trinajstić information content (AvgIpc) is 3.76. The summed E-state index contributed by atoms with van der Waals surface area (Å²) in [5.74, 6) is 0. The first kappa shape index (κ1) is 34.1. The van der Waals surface area contributed by atoms with E-state index in [4.69, 9.17) is 0 Å². The number of aryl methyl sites for hydroxylation is 2. The molecule has 2 aromatic heterocycles. The normalized spacial score (nSPS) is 12.1. The fourth-order valence-electron chi connectivity index (χ4n) is 7.22. The molecule has 2 heteroatoms. The smallest absolute Gasteiger partial charge is 0.0618 e. The fourth-order valence-corrected chi connectivity index (χ4v) is 7.22. The van der Waals surface area contributed by atoms with Crippen LogP contribution >= 0.6 is 0 Å². The lowest BCUT2D eigenvalue weighted by molar-refractivity contribution is 0.951. The van der Waals surface area contributed by atoms with Crippen LogP contribution in [0.1, 0.15) is 30.2 Å². The quantitative estimate of drug-likeness (QED) is 0.176. The molecule has 0 fully saturated rings. The Morgan fingerprint density at radius 3 is 1.79 bits per heavy atom. The highest BCUT2D eigenvalue weighted by atomic mass is 15.0. The van der Waals surface area contributed by atoms with Crippen molar-refractivity contribution in [1.82, 2.24) is 9.55 Å². The van der Waals surface area contributed by atoms with Crippen LogP contribution in [-0.4, -0.2) is 9.55 Å². The number of hydrogen-bond donors (Lipinski definition) is 1. The van der Waals surface area contributed by atoms with Crippen molar-refractivity contribution in [3.05, 3.63) is 205 Å². The summed E-state index contributed by atoms with van der Waals surface area (Å²) in [7, 11) is 0. The van der Waals surface area contributed by atoms with Crippen molar-refractivity contribution >= 4 is 38.8 Å². The summed E-state index contributed by atoms with van der Waals surface area (Å²) in [5.41, 5.74) is 14.0. The summed E-state index contributed by atoms with van der Waals surface area (Å²) >= 11 is 0. The molecule has 2 heterocycles. The van der Waals surface area contributed by atoms with Crippen LogP contribution in [0.2, 0.25) is 0 Å². The maximum atomic E-state index is 3.51. The van der Waals surface area contributed by atoms with E-state index in [1.54, 1.807) is 6.08 Å². The van der Waals surface area contributed by atoms with Gasteiger partial charge in [-0.2, -0.15) is 0 Å². The Morgan fingerprint density at radius 1 is 0.615 bits per heavy atom.